The summed E-state index contributed by atoms with van der Waals surface area (Å²) < 4.78 is 74.2. The molecule has 14 heteroatoms. The molecule has 0 bridgehead atoms. The second-order valence-corrected chi connectivity index (χ2v) is 10.2. The van der Waals surface area contributed by atoms with Gasteiger partial charge < -0.3 is 29.5 Å². The number of aliphatic hydroxyl groups is 1. The number of hydrogen-bond donors (Lipinski definition) is 2. The lowest BCUT2D eigenvalue weighted by atomic mass is 10.0. The highest BCUT2D eigenvalue weighted by Gasteiger charge is 2.29. The van der Waals surface area contributed by atoms with Gasteiger partial charge in [-0.2, -0.15) is 0 Å². The summed E-state index contributed by atoms with van der Waals surface area (Å²) in [6, 6.07) is 11.2. The van der Waals surface area contributed by atoms with Crippen molar-refractivity contribution in [2.75, 3.05) is 30.8 Å². The third-order valence-electron chi connectivity index (χ3n) is 5.60. The molecule has 1 heterocycles. The second-order valence-electron chi connectivity index (χ2n) is 8.29. The van der Waals surface area contributed by atoms with Gasteiger partial charge in [0.25, 0.3) is 0 Å². The van der Waals surface area contributed by atoms with Crippen molar-refractivity contribution in [3.8, 4) is 28.6 Å². The Labute approximate surface area is 226 Å². The maximum atomic E-state index is 14.0. The Hall–Kier alpha value is -4.69. The van der Waals surface area contributed by atoms with Crippen LogP contribution in [0.1, 0.15) is 10.4 Å². The molecule has 0 atom stereocenters. The molecule has 0 saturated carbocycles. The third-order valence-corrected chi connectivity index (χ3v) is 6.78. The smallest absolute Gasteiger partial charge is 0.412 e. The second kappa shape index (κ2) is 11.2. The van der Waals surface area contributed by atoms with E-state index in [0.29, 0.717) is 6.07 Å². The maximum Gasteiger partial charge on any atom is 0.412 e. The number of rotatable bonds is 9. The van der Waals surface area contributed by atoms with Crippen molar-refractivity contribution < 1.29 is 50.5 Å². The lowest BCUT2D eigenvalue weighted by Gasteiger charge is -2.23. The number of carbonyl (C=O) groups is 2. The minimum atomic E-state index is -3.87. The first-order valence-electron chi connectivity index (χ1n) is 11.4. The Morgan fingerprint density at radius 1 is 1.05 bits per heavy atom. The van der Waals surface area contributed by atoms with Crippen LogP contribution in [0, 0.1) is 11.6 Å². The maximum absolute atomic E-state index is 14.0. The number of sulfonamides is 1. The molecule has 0 aliphatic rings. The average Bonchev–Trinajstić information content (AvgIpc) is 3.26. The lowest BCUT2D eigenvalue weighted by Crippen LogP contribution is -2.32. The van der Waals surface area contributed by atoms with Crippen molar-refractivity contribution in [2.45, 2.75) is 0 Å². The zero-order valence-electron chi connectivity index (χ0n) is 21.0. The quantitative estimate of drug-likeness (QED) is 0.220. The Bertz CT molecular complexity index is 1700. The average molecular weight is 577 g/mol. The van der Waals surface area contributed by atoms with Gasteiger partial charge in [0.1, 0.15) is 34.2 Å². The number of primary amides is 1. The highest BCUT2D eigenvalue weighted by Crippen LogP contribution is 2.41. The number of furan rings is 1. The number of carbonyl (C=O) groups excluding carboxylic acids is 2. The number of fused-ring (bicyclic) bond motifs is 1. The Morgan fingerprint density at radius 2 is 1.75 bits per heavy atom. The van der Waals surface area contributed by atoms with E-state index < -0.39 is 40.3 Å². The summed E-state index contributed by atoms with van der Waals surface area (Å²) in [4.78, 5) is 24.3. The SMILES string of the molecule is COc1cc2c(C(=O)OC(N)=O)c(-c3ccc(Oc4ccc(F)cc4F)cc3)oc2cc1N(CCO)S(C)(=O)=O. The first kappa shape index (κ1) is 28.3. The first-order valence-corrected chi connectivity index (χ1v) is 13.3. The molecule has 210 valence electrons. The molecular formula is C26H22F2N2O9S. The van der Waals surface area contributed by atoms with E-state index in [4.69, 9.17) is 19.6 Å². The fourth-order valence-electron chi connectivity index (χ4n) is 3.93. The molecule has 3 N–H and O–H groups in total. The van der Waals surface area contributed by atoms with E-state index in [1.807, 2.05) is 0 Å². The molecule has 1 amide bonds. The number of ether oxygens (including phenoxy) is 3. The molecular weight excluding hydrogens is 554 g/mol. The number of esters is 1. The van der Waals surface area contributed by atoms with Crippen LogP contribution in [0.15, 0.2) is 59.0 Å². The number of anilines is 1. The van der Waals surface area contributed by atoms with Crippen LogP contribution in [0.2, 0.25) is 0 Å². The van der Waals surface area contributed by atoms with E-state index in [2.05, 4.69) is 4.74 Å². The van der Waals surface area contributed by atoms with E-state index >= 15 is 0 Å². The van der Waals surface area contributed by atoms with Gasteiger partial charge in [-0.3, -0.25) is 4.31 Å². The molecule has 0 aliphatic carbocycles. The largest absolute Gasteiger partial charge is 0.495 e. The van der Waals surface area contributed by atoms with E-state index in [1.165, 1.54) is 43.5 Å². The fourth-order valence-corrected chi connectivity index (χ4v) is 4.85. The van der Waals surface area contributed by atoms with Crippen LogP contribution in [-0.2, 0) is 14.8 Å². The number of aliphatic hydroxyl groups excluding tert-OH is 1. The molecule has 3 aromatic carbocycles. The predicted molar refractivity (Wildman–Crippen MR) is 139 cm³/mol. The minimum absolute atomic E-state index is 0.0110. The summed E-state index contributed by atoms with van der Waals surface area (Å²) in [5, 5.41) is 9.52. The van der Waals surface area contributed by atoms with Crippen molar-refractivity contribution >= 4 is 38.7 Å². The van der Waals surface area contributed by atoms with Gasteiger partial charge in [0, 0.05) is 23.1 Å². The third kappa shape index (κ3) is 5.82. The van der Waals surface area contributed by atoms with Crippen molar-refractivity contribution in [3.63, 3.8) is 0 Å². The van der Waals surface area contributed by atoms with E-state index in [9.17, 15) is 31.9 Å². The topological polar surface area (TPSA) is 159 Å². The van der Waals surface area contributed by atoms with Crippen LogP contribution in [0.25, 0.3) is 22.3 Å². The normalized spacial score (nSPS) is 11.3. The highest BCUT2D eigenvalue weighted by molar-refractivity contribution is 7.92. The molecule has 11 nitrogen and oxygen atoms in total. The van der Waals surface area contributed by atoms with Crippen molar-refractivity contribution in [3.05, 3.63) is 71.8 Å². The molecule has 0 aliphatic heterocycles. The summed E-state index contributed by atoms with van der Waals surface area (Å²) in [5.41, 5.74) is 5.15. The monoisotopic (exact) mass is 576 g/mol. The van der Waals surface area contributed by atoms with Gasteiger partial charge >= 0.3 is 12.1 Å². The van der Waals surface area contributed by atoms with Gasteiger partial charge in [-0.15, -0.1) is 0 Å². The Morgan fingerprint density at radius 3 is 2.33 bits per heavy atom. The van der Waals surface area contributed by atoms with Crippen LogP contribution < -0.4 is 19.5 Å². The zero-order valence-corrected chi connectivity index (χ0v) is 21.8. The molecule has 4 aromatic rings. The van der Waals surface area contributed by atoms with Crippen LogP contribution >= 0.6 is 0 Å². The number of nitrogens with two attached hydrogens (primary N) is 1. The van der Waals surface area contributed by atoms with Gasteiger partial charge in [-0.05, 0) is 42.5 Å². The van der Waals surface area contributed by atoms with Gasteiger partial charge in [0.15, 0.2) is 11.6 Å². The van der Waals surface area contributed by atoms with Crippen LogP contribution in [0.5, 0.6) is 17.2 Å². The van der Waals surface area contributed by atoms with Crippen LogP contribution in [-0.4, -0.2) is 52.1 Å². The Kier molecular flexibility index (Phi) is 7.93. The number of nitrogens with zero attached hydrogens (tertiary/aromatic N) is 1. The van der Waals surface area contributed by atoms with Gasteiger partial charge in [-0.1, -0.05) is 0 Å². The number of methoxy groups -OCH3 is 1. The van der Waals surface area contributed by atoms with E-state index in [-0.39, 0.29) is 57.3 Å². The van der Waals surface area contributed by atoms with E-state index in [1.54, 1.807) is 0 Å². The lowest BCUT2D eigenvalue weighted by molar-refractivity contribution is 0.0640. The van der Waals surface area contributed by atoms with Crippen molar-refractivity contribution in [2.24, 2.45) is 5.73 Å². The summed E-state index contributed by atoms with van der Waals surface area (Å²) in [7, 11) is -2.59. The summed E-state index contributed by atoms with van der Waals surface area (Å²) in [6.07, 6.45) is -0.429. The number of amides is 1. The molecule has 40 heavy (non-hydrogen) atoms. The minimum Gasteiger partial charge on any atom is -0.495 e. The molecule has 0 radical (unpaired) electrons. The van der Waals surface area contributed by atoms with Crippen LogP contribution in [0.4, 0.5) is 19.3 Å². The molecule has 0 unspecified atom stereocenters. The molecule has 0 spiro atoms. The predicted octanol–water partition coefficient (Wildman–Crippen LogP) is 4.17. The van der Waals surface area contributed by atoms with Gasteiger partial charge in [0.2, 0.25) is 10.0 Å². The van der Waals surface area contributed by atoms with Crippen LogP contribution in [0.3, 0.4) is 0 Å². The summed E-state index contributed by atoms with van der Waals surface area (Å²) >= 11 is 0. The van der Waals surface area contributed by atoms with Gasteiger partial charge in [-0.25, -0.2) is 26.8 Å². The number of hydrogen-bond acceptors (Lipinski definition) is 9. The number of halogens is 2. The fraction of sp³-hybridized carbons (Fsp3) is 0.154. The van der Waals surface area contributed by atoms with E-state index in [0.717, 1.165) is 22.7 Å². The molecule has 0 saturated heterocycles. The van der Waals surface area contributed by atoms with Crippen molar-refractivity contribution in [1.29, 1.82) is 0 Å². The molecule has 4 rings (SSSR count). The Balaban J connectivity index is 1.84. The van der Waals surface area contributed by atoms with Crippen molar-refractivity contribution in [1.82, 2.24) is 0 Å². The molecule has 1 aromatic heterocycles. The molecule has 0 fully saturated rings. The van der Waals surface area contributed by atoms with Gasteiger partial charge in [0.05, 0.1) is 32.2 Å². The first-order chi connectivity index (χ1) is 18.9. The standard InChI is InChI=1S/C26H22F2N2O9S/c1-36-22-12-17-21(13-19(22)30(9-10-31)40(2,34)35)38-24(23(17)25(32)39-26(29)33)14-3-6-16(7-4-14)37-20-8-5-15(27)11-18(20)28/h3-8,11-13,31H,9-10H2,1-2H3,(H2,29,33). The highest BCUT2D eigenvalue weighted by atomic mass is 32.2. The summed E-state index contributed by atoms with van der Waals surface area (Å²) in [6.45, 7) is -0.787. The zero-order chi connectivity index (χ0) is 29.2. The number of benzene rings is 3. The summed E-state index contributed by atoms with van der Waals surface area (Å²) in [5.74, 6) is -2.95.